The Morgan fingerprint density at radius 3 is 2.09 bits per heavy atom. The normalized spacial score (nSPS) is 13.6. The number of methoxy groups -OCH3 is 4. The number of halogens is 1. The lowest BCUT2D eigenvalue weighted by atomic mass is 9.98. The maximum atomic E-state index is 12.6. The number of fused-ring (bicyclic) bond motifs is 1. The summed E-state index contributed by atoms with van der Waals surface area (Å²) in [5.41, 5.74) is 2.55. The topological polar surface area (TPSA) is 86.3 Å². The maximum Gasteiger partial charge on any atom is 0.240 e. The third-order valence-electron chi connectivity index (χ3n) is 5.66. The second-order valence-corrected chi connectivity index (χ2v) is 9.39. The average Bonchev–Trinajstić information content (AvgIpc) is 2.82. The van der Waals surface area contributed by atoms with E-state index < -0.39 is 10.0 Å². The van der Waals surface area contributed by atoms with Gasteiger partial charge in [-0.05, 0) is 61.2 Å². The predicted molar refractivity (Wildman–Crippen MR) is 130 cm³/mol. The van der Waals surface area contributed by atoms with Crippen molar-refractivity contribution in [1.82, 2.24) is 9.62 Å². The number of hydrogen-bond acceptors (Lipinski definition) is 7. The van der Waals surface area contributed by atoms with Gasteiger partial charge in [-0.2, -0.15) is 0 Å². The van der Waals surface area contributed by atoms with Crippen LogP contribution in [-0.2, 0) is 23.0 Å². The maximum absolute atomic E-state index is 12.6. The van der Waals surface area contributed by atoms with Crippen LogP contribution in [0.3, 0.4) is 0 Å². The van der Waals surface area contributed by atoms with Gasteiger partial charge in [-0.25, -0.2) is 13.1 Å². The molecular weight excluding hydrogens is 468 g/mol. The number of sulfonamides is 1. The number of rotatable bonds is 11. The van der Waals surface area contributed by atoms with Gasteiger partial charge in [-0.15, -0.1) is 12.4 Å². The van der Waals surface area contributed by atoms with E-state index in [1.54, 1.807) is 20.3 Å². The number of nitrogens with one attached hydrogen (secondary N) is 1. The van der Waals surface area contributed by atoms with Crippen LogP contribution in [0.1, 0.15) is 24.0 Å². The molecule has 1 aliphatic rings. The average molecular weight is 501 g/mol. The molecule has 0 saturated carbocycles. The van der Waals surface area contributed by atoms with Gasteiger partial charge in [-0.1, -0.05) is 0 Å². The minimum Gasteiger partial charge on any atom is -0.493 e. The third kappa shape index (κ3) is 6.66. The fraction of sp³-hybridized carbons (Fsp3) is 0.478. The second kappa shape index (κ2) is 12.3. The Morgan fingerprint density at radius 2 is 1.45 bits per heavy atom. The largest absolute Gasteiger partial charge is 0.493 e. The van der Waals surface area contributed by atoms with E-state index in [0.29, 0.717) is 18.0 Å². The van der Waals surface area contributed by atoms with Crippen LogP contribution >= 0.6 is 12.4 Å². The molecule has 0 radical (unpaired) electrons. The molecule has 33 heavy (non-hydrogen) atoms. The molecule has 2 aromatic carbocycles. The van der Waals surface area contributed by atoms with Crippen molar-refractivity contribution in [3.8, 4) is 23.0 Å². The molecule has 0 aromatic heterocycles. The number of hydrogen-bond donors (Lipinski definition) is 1. The van der Waals surface area contributed by atoms with Gasteiger partial charge in [0.2, 0.25) is 10.0 Å². The predicted octanol–water partition coefficient (Wildman–Crippen LogP) is 3.26. The highest BCUT2D eigenvalue weighted by Gasteiger charge is 2.20. The molecular formula is C23H33ClN2O6S. The standard InChI is InChI=1S/C23H32N2O6S.ClH/c1-28-20-8-7-19(15-23(20)31-4)32(26,27)24-10-5-6-11-25-12-9-17-13-21(29-2)22(30-3)14-18(17)16-25;/h7-8,13-15,24H,5-6,9-12,16H2,1-4H3;1H. The van der Waals surface area contributed by atoms with E-state index in [1.807, 2.05) is 0 Å². The van der Waals surface area contributed by atoms with Crippen LogP contribution in [0.5, 0.6) is 23.0 Å². The van der Waals surface area contributed by atoms with Crippen LogP contribution in [0.2, 0.25) is 0 Å². The first kappa shape index (κ1) is 27.0. The van der Waals surface area contributed by atoms with Crippen LogP contribution in [0.15, 0.2) is 35.2 Å². The molecule has 1 heterocycles. The Bertz CT molecular complexity index is 1030. The lowest BCUT2D eigenvalue weighted by Gasteiger charge is -2.29. The lowest BCUT2D eigenvalue weighted by Crippen LogP contribution is -2.32. The summed E-state index contributed by atoms with van der Waals surface area (Å²) in [6, 6.07) is 8.69. The SMILES string of the molecule is COc1ccc(S(=O)(=O)NCCCCN2CCc3cc(OC)c(OC)cc3C2)cc1OC.Cl. The highest BCUT2D eigenvalue weighted by Crippen LogP contribution is 2.33. The zero-order valence-corrected chi connectivity index (χ0v) is 21.2. The van der Waals surface area contributed by atoms with Crippen molar-refractivity contribution in [3.05, 3.63) is 41.5 Å². The summed E-state index contributed by atoms with van der Waals surface area (Å²) in [5, 5.41) is 0. The highest BCUT2D eigenvalue weighted by atomic mass is 35.5. The molecule has 0 aliphatic carbocycles. The molecule has 184 valence electrons. The first-order chi connectivity index (χ1) is 15.4. The zero-order chi connectivity index (χ0) is 23.1. The summed E-state index contributed by atoms with van der Waals surface area (Å²) in [4.78, 5) is 2.55. The molecule has 0 atom stereocenters. The number of nitrogens with zero attached hydrogens (tertiary/aromatic N) is 1. The van der Waals surface area contributed by atoms with Crippen molar-refractivity contribution in [1.29, 1.82) is 0 Å². The highest BCUT2D eigenvalue weighted by molar-refractivity contribution is 7.89. The smallest absolute Gasteiger partial charge is 0.240 e. The molecule has 0 fully saturated rings. The van der Waals surface area contributed by atoms with E-state index in [0.717, 1.165) is 50.4 Å². The summed E-state index contributed by atoms with van der Waals surface area (Å²) < 4.78 is 49.0. The Kier molecular flexibility index (Phi) is 10.1. The molecule has 0 amide bonds. The fourth-order valence-electron chi connectivity index (χ4n) is 3.87. The quantitative estimate of drug-likeness (QED) is 0.474. The molecule has 10 heteroatoms. The molecule has 3 rings (SSSR count). The van der Waals surface area contributed by atoms with Crippen molar-refractivity contribution in [3.63, 3.8) is 0 Å². The second-order valence-electron chi connectivity index (χ2n) is 7.62. The number of benzene rings is 2. The van der Waals surface area contributed by atoms with Gasteiger partial charge >= 0.3 is 0 Å². The van der Waals surface area contributed by atoms with Crippen LogP contribution in [0.4, 0.5) is 0 Å². The summed E-state index contributed by atoms with van der Waals surface area (Å²) in [5.74, 6) is 2.39. The Balaban J connectivity index is 0.00000385. The van der Waals surface area contributed by atoms with E-state index in [2.05, 4.69) is 21.8 Å². The third-order valence-corrected chi connectivity index (χ3v) is 7.11. The van der Waals surface area contributed by atoms with Gasteiger partial charge in [0.25, 0.3) is 0 Å². The molecule has 1 N–H and O–H groups in total. The lowest BCUT2D eigenvalue weighted by molar-refractivity contribution is 0.248. The Labute approximate surface area is 202 Å². The molecule has 8 nitrogen and oxygen atoms in total. The minimum atomic E-state index is -3.60. The summed E-state index contributed by atoms with van der Waals surface area (Å²) in [7, 11) is 2.69. The van der Waals surface area contributed by atoms with Crippen molar-refractivity contribution >= 4 is 22.4 Å². The van der Waals surface area contributed by atoms with Gasteiger partial charge < -0.3 is 18.9 Å². The monoisotopic (exact) mass is 500 g/mol. The summed E-state index contributed by atoms with van der Waals surface area (Å²) in [6.45, 7) is 3.12. The first-order valence-corrected chi connectivity index (χ1v) is 12.1. The van der Waals surface area contributed by atoms with Crippen LogP contribution in [0, 0.1) is 0 Å². The van der Waals surface area contributed by atoms with Crippen molar-refractivity contribution < 1.29 is 27.4 Å². The van der Waals surface area contributed by atoms with Crippen molar-refractivity contribution in [2.24, 2.45) is 0 Å². The van der Waals surface area contributed by atoms with Gasteiger partial charge in [0, 0.05) is 25.7 Å². The van der Waals surface area contributed by atoms with Crippen LogP contribution in [-0.4, -0.2) is 61.4 Å². The first-order valence-electron chi connectivity index (χ1n) is 10.6. The van der Waals surface area contributed by atoms with Crippen molar-refractivity contribution in [2.75, 3.05) is 48.1 Å². The van der Waals surface area contributed by atoms with Gasteiger partial charge in [0.15, 0.2) is 23.0 Å². The molecule has 2 aromatic rings. The molecule has 1 aliphatic heterocycles. The van der Waals surface area contributed by atoms with Crippen molar-refractivity contribution in [2.45, 2.75) is 30.7 Å². The van der Waals surface area contributed by atoms with E-state index in [9.17, 15) is 8.42 Å². The Morgan fingerprint density at radius 1 is 0.848 bits per heavy atom. The number of unbranched alkanes of at least 4 members (excludes halogenated alkanes) is 1. The zero-order valence-electron chi connectivity index (χ0n) is 19.5. The van der Waals surface area contributed by atoms with Crippen LogP contribution < -0.4 is 23.7 Å². The molecule has 0 unspecified atom stereocenters. The molecule has 0 saturated heterocycles. The van der Waals surface area contributed by atoms with Gasteiger partial charge in [-0.3, -0.25) is 4.90 Å². The molecule has 0 spiro atoms. The number of ether oxygens (including phenoxy) is 4. The molecule has 0 bridgehead atoms. The van der Waals surface area contributed by atoms with Gasteiger partial charge in [0.05, 0.1) is 33.3 Å². The van der Waals surface area contributed by atoms with E-state index in [1.165, 1.54) is 37.5 Å². The fourth-order valence-corrected chi connectivity index (χ4v) is 4.96. The van der Waals surface area contributed by atoms with E-state index >= 15 is 0 Å². The van der Waals surface area contributed by atoms with E-state index in [4.69, 9.17) is 18.9 Å². The summed E-state index contributed by atoms with van der Waals surface area (Å²) >= 11 is 0. The van der Waals surface area contributed by atoms with E-state index in [-0.39, 0.29) is 17.3 Å². The summed E-state index contributed by atoms with van der Waals surface area (Å²) in [6.07, 6.45) is 2.61. The Hall–Kier alpha value is -2.20. The minimum absolute atomic E-state index is 0. The van der Waals surface area contributed by atoms with Gasteiger partial charge in [0.1, 0.15) is 0 Å². The van der Waals surface area contributed by atoms with Crippen LogP contribution in [0.25, 0.3) is 0 Å².